The van der Waals surface area contributed by atoms with E-state index in [0.717, 1.165) is 0 Å². The summed E-state index contributed by atoms with van der Waals surface area (Å²) in [7, 11) is 2.04. The minimum Gasteiger partial charge on any atom is -0.316 e. The van der Waals surface area contributed by atoms with Gasteiger partial charge in [-0.1, -0.05) is 0 Å². The SMILES string of the molecule is CNC(CCSC)CSC. The minimum absolute atomic E-state index is 0.711. The molecule has 0 aromatic carbocycles. The van der Waals surface area contributed by atoms with E-state index in [0.29, 0.717) is 6.04 Å². The fourth-order valence-corrected chi connectivity index (χ4v) is 2.03. The van der Waals surface area contributed by atoms with Gasteiger partial charge in [0.2, 0.25) is 0 Å². The van der Waals surface area contributed by atoms with E-state index < -0.39 is 0 Å². The molecule has 3 heteroatoms. The molecule has 1 N–H and O–H groups in total. The standard InChI is InChI=1S/C7H17NS2/c1-8-7(6-10-3)4-5-9-2/h7-8H,4-6H2,1-3H3. The fourth-order valence-electron chi connectivity index (χ4n) is 0.772. The molecule has 0 aliphatic heterocycles. The first kappa shape index (κ1) is 10.7. The van der Waals surface area contributed by atoms with Gasteiger partial charge in [-0.3, -0.25) is 0 Å². The second-order valence-corrected chi connectivity index (χ2v) is 4.12. The summed E-state index contributed by atoms with van der Waals surface area (Å²) in [6, 6.07) is 0.711. The zero-order chi connectivity index (χ0) is 7.82. The molecule has 0 saturated heterocycles. The quantitative estimate of drug-likeness (QED) is 0.666. The first-order valence-electron chi connectivity index (χ1n) is 3.50. The molecule has 0 spiro atoms. The molecule has 1 unspecified atom stereocenters. The zero-order valence-corrected chi connectivity index (χ0v) is 8.65. The summed E-state index contributed by atoms with van der Waals surface area (Å²) in [4.78, 5) is 0. The molecule has 0 bridgehead atoms. The van der Waals surface area contributed by atoms with Gasteiger partial charge in [0.05, 0.1) is 0 Å². The lowest BCUT2D eigenvalue weighted by Crippen LogP contribution is -2.28. The molecule has 0 amide bonds. The average Bonchev–Trinajstić information content (AvgIpc) is 1.98. The Balaban J connectivity index is 3.21. The fraction of sp³-hybridized carbons (Fsp3) is 1.00. The monoisotopic (exact) mass is 179 g/mol. The molecular formula is C7H17NS2. The normalized spacial score (nSPS) is 13.5. The van der Waals surface area contributed by atoms with Crippen LogP contribution in [0.1, 0.15) is 6.42 Å². The van der Waals surface area contributed by atoms with Crippen molar-refractivity contribution in [3.8, 4) is 0 Å². The van der Waals surface area contributed by atoms with E-state index in [2.05, 4.69) is 17.8 Å². The van der Waals surface area contributed by atoms with Gasteiger partial charge in [-0.05, 0) is 31.7 Å². The molecule has 10 heavy (non-hydrogen) atoms. The van der Waals surface area contributed by atoms with Crippen molar-refractivity contribution in [3.05, 3.63) is 0 Å². The van der Waals surface area contributed by atoms with Crippen LogP contribution >= 0.6 is 23.5 Å². The Morgan fingerprint density at radius 1 is 1.30 bits per heavy atom. The lowest BCUT2D eigenvalue weighted by molar-refractivity contribution is 0.607. The van der Waals surface area contributed by atoms with Crippen LogP contribution in [0.4, 0.5) is 0 Å². The van der Waals surface area contributed by atoms with Gasteiger partial charge in [0.15, 0.2) is 0 Å². The van der Waals surface area contributed by atoms with E-state index >= 15 is 0 Å². The van der Waals surface area contributed by atoms with Crippen LogP contribution in [-0.2, 0) is 0 Å². The van der Waals surface area contributed by atoms with E-state index in [4.69, 9.17) is 0 Å². The van der Waals surface area contributed by atoms with Crippen molar-refractivity contribution in [2.24, 2.45) is 0 Å². The van der Waals surface area contributed by atoms with E-state index in [9.17, 15) is 0 Å². The molecule has 62 valence electrons. The van der Waals surface area contributed by atoms with Gasteiger partial charge in [0.1, 0.15) is 0 Å². The summed E-state index contributed by atoms with van der Waals surface area (Å²) in [5.41, 5.74) is 0. The third-order valence-electron chi connectivity index (χ3n) is 1.45. The predicted molar refractivity (Wildman–Crippen MR) is 54.2 cm³/mol. The molecular weight excluding hydrogens is 162 g/mol. The Bertz CT molecular complexity index is 68.6. The van der Waals surface area contributed by atoms with Crippen molar-refractivity contribution in [2.45, 2.75) is 12.5 Å². The summed E-state index contributed by atoms with van der Waals surface area (Å²) in [6.45, 7) is 0. The van der Waals surface area contributed by atoms with Crippen LogP contribution in [0.2, 0.25) is 0 Å². The first-order valence-corrected chi connectivity index (χ1v) is 6.29. The van der Waals surface area contributed by atoms with E-state index in [1.165, 1.54) is 17.9 Å². The number of thioether (sulfide) groups is 2. The lowest BCUT2D eigenvalue weighted by atomic mass is 10.3. The molecule has 0 radical (unpaired) electrons. The van der Waals surface area contributed by atoms with Gasteiger partial charge < -0.3 is 5.32 Å². The van der Waals surface area contributed by atoms with Crippen molar-refractivity contribution in [2.75, 3.05) is 31.1 Å². The Morgan fingerprint density at radius 3 is 2.40 bits per heavy atom. The third kappa shape index (κ3) is 5.45. The van der Waals surface area contributed by atoms with Crippen molar-refractivity contribution >= 4 is 23.5 Å². The topological polar surface area (TPSA) is 12.0 Å². The predicted octanol–water partition coefficient (Wildman–Crippen LogP) is 1.69. The third-order valence-corrected chi connectivity index (χ3v) is 2.83. The van der Waals surface area contributed by atoms with Gasteiger partial charge in [0.25, 0.3) is 0 Å². The summed E-state index contributed by atoms with van der Waals surface area (Å²) < 4.78 is 0. The van der Waals surface area contributed by atoms with Crippen LogP contribution in [0.25, 0.3) is 0 Å². The number of rotatable bonds is 6. The Labute approximate surface area is 72.7 Å². The Morgan fingerprint density at radius 2 is 2.00 bits per heavy atom. The van der Waals surface area contributed by atoms with Gasteiger partial charge in [-0.2, -0.15) is 23.5 Å². The van der Waals surface area contributed by atoms with Crippen molar-refractivity contribution in [1.82, 2.24) is 5.32 Å². The Kier molecular flexibility index (Phi) is 8.28. The molecule has 0 rings (SSSR count). The molecule has 0 heterocycles. The molecule has 1 atom stereocenters. The highest BCUT2D eigenvalue weighted by Gasteiger charge is 2.02. The van der Waals surface area contributed by atoms with E-state index in [-0.39, 0.29) is 0 Å². The van der Waals surface area contributed by atoms with Gasteiger partial charge in [-0.25, -0.2) is 0 Å². The van der Waals surface area contributed by atoms with Crippen LogP contribution in [0, 0.1) is 0 Å². The summed E-state index contributed by atoms with van der Waals surface area (Å²) in [5.74, 6) is 2.50. The smallest absolute Gasteiger partial charge is 0.0162 e. The van der Waals surface area contributed by atoms with Crippen LogP contribution in [0.15, 0.2) is 0 Å². The highest BCUT2D eigenvalue weighted by molar-refractivity contribution is 7.98. The van der Waals surface area contributed by atoms with E-state index in [1.807, 2.05) is 30.6 Å². The van der Waals surface area contributed by atoms with Crippen LogP contribution < -0.4 is 5.32 Å². The Hall–Kier alpha value is 0.660. The summed E-state index contributed by atoms with van der Waals surface area (Å²) >= 11 is 3.83. The average molecular weight is 179 g/mol. The van der Waals surface area contributed by atoms with Crippen LogP contribution in [0.3, 0.4) is 0 Å². The molecule has 1 nitrogen and oxygen atoms in total. The van der Waals surface area contributed by atoms with Crippen molar-refractivity contribution < 1.29 is 0 Å². The van der Waals surface area contributed by atoms with E-state index in [1.54, 1.807) is 0 Å². The van der Waals surface area contributed by atoms with Crippen molar-refractivity contribution in [1.29, 1.82) is 0 Å². The van der Waals surface area contributed by atoms with Gasteiger partial charge >= 0.3 is 0 Å². The maximum atomic E-state index is 3.30. The highest BCUT2D eigenvalue weighted by atomic mass is 32.2. The maximum Gasteiger partial charge on any atom is 0.0162 e. The minimum atomic E-state index is 0.711. The highest BCUT2D eigenvalue weighted by Crippen LogP contribution is 2.04. The molecule has 0 aliphatic rings. The molecule has 0 saturated carbocycles. The number of nitrogens with one attached hydrogen (secondary N) is 1. The lowest BCUT2D eigenvalue weighted by Gasteiger charge is -2.13. The van der Waals surface area contributed by atoms with Crippen LogP contribution in [0.5, 0.6) is 0 Å². The van der Waals surface area contributed by atoms with Gasteiger partial charge in [0, 0.05) is 11.8 Å². The maximum absolute atomic E-state index is 3.30. The molecule has 0 aliphatic carbocycles. The molecule has 0 aromatic rings. The second-order valence-electron chi connectivity index (χ2n) is 2.22. The number of hydrogen-bond donors (Lipinski definition) is 1. The molecule has 0 fully saturated rings. The number of hydrogen-bond acceptors (Lipinski definition) is 3. The zero-order valence-electron chi connectivity index (χ0n) is 7.02. The summed E-state index contributed by atoms with van der Waals surface area (Å²) in [5, 5.41) is 3.30. The summed E-state index contributed by atoms with van der Waals surface area (Å²) in [6.07, 6.45) is 5.60. The molecule has 0 aromatic heterocycles. The van der Waals surface area contributed by atoms with Crippen LogP contribution in [-0.4, -0.2) is 37.1 Å². The largest absolute Gasteiger partial charge is 0.316 e. The van der Waals surface area contributed by atoms with Gasteiger partial charge in [-0.15, -0.1) is 0 Å². The van der Waals surface area contributed by atoms with Crippen molar-refractivity contribution in [3.63, 3.8) is 0 Å². The first-order chi connectivity index (χ1) is 4.85. The second kappa shape index (κ2) is 7.76.